The molecule has 20 heavy (non-hydrogen) atoms. The second-order valence-corrected chi connectivity index (χ2v) is 4.82. The molecule has 0 amide bonds. The van der Waals surface area contributed by atoms with Crippen molar-refractivity contribution in [3.05, 3.63) is 58.6 Å². The van der Waals surface area contributed by atoms with Crippen LogP contribution in [0.2, 0.25) is 5.02 Å². The largest absolute Gasteiger partial charge is 0.454 e. The minimum absolute atomic E-state index is 0.216. The third-order valence-electron chi connectivity index (χ3n) is 3.12. The van der Waals surface area contributed by atoms with E-state index in [0.29, 0.717) is 22.1 Å². The molecule has 0 fully saturated rings. The molecular formula is C16H15ClN2O. The van der Waals surface area contributed by atoms with Gasteiger partial charge in [-0.25, -0.2) is 0 Å². The van der Waals surface area contributed by atoms with Crippen molar-refractivity contribution in [1.29, 1.82) is 5.26 Å². The van der Waals surface area contributed by atoms with Gasteiger partial charge in [-0.1, -0.05) is 29.8 Å². The molecule has 1 N–H and O–H groups in total. The number of rotatable bonds is 4. The molecule has 0 heterocycles. The molecule has 0 aliphatic carbocycles. The zero-order chi connectivity index (χ0) is 14.5. The van der Waals surface area contributed by atoms with Gasteiger partial charge in [-0.05, 0) is 43.8 Å². The quantitative estimate of drug-likeness (QED) is 0.912. The number of nitrogens with one attached hydrogen (secondary N) is 1. The van der Waals surface area contributed by atoms with Crippen molar-refractivity contribution in [2.45, 2.75) is 13.0 Å². The van der Waals surface area contributed by atoms with Gasteiger partial charge in [0.1, 0.15) is 17.6 Å². The number of para-hydroxylation sites is 1. The van der Waals surface area contributed by atoms with E-state index in [1.807, 2.05) is 31.3 Å². The molecule has 2 aromatic rings. The van der Waals surface area contributed by atoms with Gasteiger partial charge in [0.25, 0.3) is 0 Å². The van der Waals surface area contributed by atoms with E-state index in [9.17, 15) is 0 Å². The third kappa shape index (κ3) is 3.11. The molecule has 0 spiro atoms. The van der Waals surface area contributed by atoms with Crippen molar-refractivity contribution in [1.82, 2.24) is 5.32 Å². The Morgan fingerprint density at radius 2 is 1.95 bits per heavy atom. The predicted molar refractivity (Wildman–Crippen MR) is 80.2 cm³/mol. The fourth-order valence-corrected chi connectivity index (χ4v) is 2.03. The first-order valence-corrected chi connectivity index (χ1v) is 6.67. The summed E-state index contributed by atoms with van der Waals surface area (Å²) in [6, 6.07) is 15.0. The molecule has 0 radical (unpaired) electrons. The Balaban J connectivity index is 2.29. The van der Waals surface area contributed by atoms with E-state index in [2.05, 4.69) is 18.3 Å². The van der Waals surface area contributed by atoms with Crippen LogP contribution in [-0.4, -0.2) is 7.05 Å². The van der Waals surface area contributed by atoms with Crippen LogP contribution in [0.25, 0.3) is 0 Å². The van der Waals surface area contributed by atoms with Crippen molar-refractivity contribution in [3.63, 3.8) is 0 Å². The molecule has 102 valence electrons. The van der Waals surface area contributed by atoms with Gasteiger partial charge in [0, 0.05) is 6.04 Å². The monoisotopic (exact) mass is 286 g/mol. The highest BCUT2D eigenvalue weighted by atomic mass is 35.5. The van der Waals surface area contributed by atoms with Crippen molar-refractivity contribution >= 4 is 11.6 Å². The lowest BCUT2D eigenvalue weighted by Gasteiger charge is -2.13. The SMILES string of the molecule is CNC(C)c1ccc(Oc2ccccc2C#N)c(Cl)c1. The maximum atomic E-state index is 9.04. The van der Waals surface area contributed by atoms with E-state index in [1.54, 1.807) is 18.2 Å². The molecule has 2 aromatic carbocycles. The van der Waals surface area contributed by atoms with Crippen LogP contribution in [0.1, 0.15) is 24.1 Å². The third-order valence-corrected chi connectivity index (χ3v) is 3.41. The van der Waals surface area contributed by atoms with Gasteiger partial charge in [0.2, 0.25) is 0 Å². The highest BCUT2D eigenvalue weighted by Crippen LogP contribution is 2.32. The fraction of sp³-hybridized carbons (Fsp3) is 0.188. The first-order valence-electron chi connectivity index (χ1n) is 6.29. The lowest BCUT2D eigenvalue weighted by atomic mass is 10.1. The van der Waals surface area contributed by atoms with E-state index < -0.39 is 0 Å². The Bertz CT molecular complexity index is 649. The summed E-state index contributed by atoms with van der Waals surface area (Å²) >= 11 is 6.24. The summed E-state index contributed by atoms with van der Waals surface area (Å²) in [4.78, 5) is 0. The molecule has 0 bridgehead atoms. The van der Waals surface area contributed by atoms with E-state index in [0.717, 1.165) is 5.56 Å². The minimum Gasteiger partial charge on any atom is -0.454 e. The summed E-state index contributed by atoms with van der Waals surface area (Å²) in [5.41, 5.74) is 1.56. The van der Waals surface area contributed by atoms with Crippen molar-refractivity contribution in [3.8, 4) is 17.6 Å². The number of halogens is 1. The van der Waals surface area contributed by atoms with Gasteiger partial charge >= 0.3 is 0 Å². The highest BCUT2D eigenvalue weighted by Gasteiger charge is 2.10. The molecule has 2 rings (SSSR count). The van der Waals surface area contributed by atoms with Crippen LogP contribution in [0.5, 0.6) is 11.5 Å². The smallest absolute Gasteiger partial charge is 0.146 e. The zero-order valence-electron chi connectivity index (χ0n) is 11.4. The van der Waals surface area contributed by atoms with Gasteiger partial charge < -0.3 is 10.1 Å². The van der Waals surface area contributed by atoms with E-state index in [1.165, 1.54) is 0 Å². The van der Waals surface area contributed by atoms with Crippen molar-refractivity contribution in [2.75, 3.05) is 7.05 Å². The van der Waals surface area contributed by atoms with Gasteiger partial charge in [-0.3, -0.25) is 0 Å². The van der Waals surface area contributed by atoms with Crippen LogP contribution in [0.15, 0.2) is 42.5 Å². The summed E-state index contributed by atoms with van der Waals surface area (Å²) in [7, 11) is 1.89. The van der Waals surface area contributed by atoms with Gasteiger partial charge in [0.05, 0.1) is 10.6 Å². The second kappa shape index (κ2) is 6.42. The maximum Gasteiger partial charge on any atom is 0.146 e. The molecule has 0 saturated carbocycles. The highest BCUT2D eigenvalue weighted by molar-refractivity contribution is 6.32. The van der Waals surface area contributed by atoms with Crippen LogP contribution >= 0.6 is 11.6 Å². The number of hydrogen-bond acceptors (Lipinski definition) is 3. The van der Waals surface area contributed by atoms with Crippen molar-refractivity contribution in [2.24, 2.45) is 0 Å². The van der Waals surface area contributed by atoms with E-state index >= 15 is 0 Å². The van der Waals surface area contributed by atoms with E-state index in [4.69, 9.17) is 21.6 Å². The second-order valence-electron chi connectivity index (χ2n) is 4.41. The standard InChI is InChI=1S/C16H15ClN2O/c1-11(19-2)12-7-8-16(14(17)9-12)20-15-6-4-3-5-13(15)10-18/h3-9,11,19H,1-2H3. The first kappa shape index (κ1) is 14.4. The predicted octanol–water partition coefficient (Wildman–Crippen LogP) is 4.28. The Morgan fingerprint density at radius 3 is 2.60 bits per heavy atom. The van der Waals surface area contributed by atoms with Crippen LogP contribution in [0.3, 0.4) is 0 Å². The van der Waals surface area contributed by atoms with Crippen LogP contribution in [0, 0.1) is 11.3 Å². The summed E-state index contributed by atoms with van der Waals surface area (Å²) in [6.07, 6.45) is 0. The number of nitriles is 1. The summed E-state index contributed by atoms with van der Waals surface area (Å²) in [6.45, 7) is 2.05. The average molecular weight is 287 g/mol. The molecule has 1 unspecified atom stereocenters. The molecular weight excluding hydrogens is 272 g/mol. The lowest BCUT2D eigenvalue weighted by Crippen LogP contribution is -2.12. The molecule has 3 nitrogen and oxygen atoms in total. The zero-order valence-corrected chi connectivity index (χ0v) is 12.1. The van der Waals surface area contributed by atoms with Crippen LogP contribution < -0.4 is 10.1 Å². The Kier molecular flexibility index (Phi) is 4.62. The van der Waals surface area contributed by atoms with Gasteiger partial charge in [-0.15, -0.1) is 0 Å². The Labute approximate surface area is 123 Å². The van der Waals surface area contributed by atoms with Gasteiger partial charge in [-0.2, -0.15) is 5.26 Å². The summed E-state index contributed by atoms with van der Waals surface area (Å²) < 4.78 is 5.72. The molecule has 0 saturated heterocycles. The van der Waals surface area contributed by atoms with Crippen molar-refractivity contribution < 1.29 is 4.74 Å². The number of ether oxygens (including phenoxy) is 1. The Morgan fingerprint density at radius 1 is 1.20 bits per heavy atom. The Hall–Kier alpha value is -2.02. The van der Waals surface area contributed by atoms with Gasteiger partial charge in [0.15, 0.2) is 0 Å². The lowest BCUT2D eigenvalue weighted by molar-refractivity contribution is 0.480. The number of hydrogen-bond donors (Lipinski definition) is 1. The normalized spacial score (nSPS) is 11.7. The summed E-state index contributed by atoms with van der Waals surface area (Å²) in [5.74, 6) is 1.05. The van der Waals surface area contributed by atoms with E-state index in [-0.39, 0.29) is 6.04 Å². The molecule has 1 atom stereocenters. The first-order chi connectivity index (χ1) is 9.65. The van der Waals surface area contributed by atoms with Crippen LogP contribution in [-0.2, 0) is 0 Å². The fourth-order valence-electron chi connectivity index (χ4n) is 1.80. The molecule has 0 aliphatic heterocycles. The minimum atomic E-state index is 0.216. The molecule has 4 heteroatoms. The maximum absolute atomic E-state index is 9.04. The molecule has 0 aliphatic rings. The average Bonchev–Trinajstić information content (AvgIpc) is 2.49. The molecule has 0 aromatic heterocycles. The topological polar surface area (TPSA) is 45.0 Å². The number of nitrogens with zero attached hydrogens (tertiary/aromatic N) is 1. The van der Waals surface area contributed by atoms with Crippen LogP contribution in [0.4, 0.5) is 0 Å². The summed E-state index contributed by atoms with van der Waals surface area (Å²) in [5, 5.41) is 12.7. The number of benzene rings is 2.